The van der Waals surface area contributed by atoms with Crippen molar-refractivity contribution in [3.05, 3.63) is 46.9 Å². The highest BCUT2D eigenvalue weighted by atomic mass is 32.1. The molecule has 0 saturated heterocycles. The number of amides is 1. The van der Waals surface area contributed by atoms with Crippen molar-refractivity contribution >= 4 is 23.2 Å². The Morgan fingerprint density at radius 2 is 2.14 bits per heavy atom. The van der Waals surface area contributed by atoms with Gasteiger partial charge in [0.25, 0.3) is 0 Å². The van der Waals surface area contributed by atoms with Crippen molar-refractivity contribution in [2.45, 2.75) is 18.9 Å². The molecule has 0 radical (unpaired) electrons. The molecule has 1 atom stereocenters. The second-order valence-electron chi connectivity index (χ2n) is 4.58. The van der Waals surface area contributed by atoms with Crippen molar-refractivity contribution in [3.63, 3.8) is 0 Å². The number of esters is 1. The molecule has 1 amide bonds. The summed E-state index contributed by atoms with van der Waals surface area (Å²) in [4.78, 5) is 23.1. The molecule has 0 aliphatic rings. The minimum atomic E-state index is -0.324. The van der Waals surface area contributed by atoms with E-state index in [1.54, 1.807) is 11.3 Å². The van der Waals surface area contributed by atoms with Crippen LogP contribution in [0.25, 0.3) is 0 Å². The van der Waals surface area contributed by atoms with Gasteiger partial charge in [0.1, 0.15) is 0 Å². The summed E-state index contributed by atoms with van der Waals surface area (Å²) in [5, 5.41) is 6.80. The Bertz CT molecular complexity index is 530. The van der Waals surface area contributed by atoms with Crippen LogP contribution in [0.1, 0.15) is 24.4 Å². The van der Waals surface area contributed by atoms with E-state index in [1.807, 2.05) is 45.9 Å². The standard InChI is InChI=1S/C15H18N2O3S/c1-20-15(19)4-6-16-14(18)10-13(12-5-9-21-11-12)17-7-2-3-8-17/h2-3,5,7-9,11,13H,4,6,10H2,1H3,(H,16,18)/t13-/m0/s1. The van der Waals surface area contributed by atoms with Gasteiger partial charge in [0, 0.05) is 18.9 Å². The second-order valence-corrected chi connectivity index (χ2v) is 5.36. The lowest BCUT2D eigenvalue weighted by Gasteiger charge is -2.17. The highest BCUT2D eigenvalue weighted by Crippen LogP contribution is 2.24. The summed E-state index contributed by atoms with van der Waals surface area (Å²) in [5.41, 5.74) is 1.11. The number of aromatic nitrogens is 1. The van der Waals surface area contributed by atoms with E-state index >= 15 is 0 Å². The Labute approximate surface area is 127 Å². The molecule has 1 N–H and O–H groups in total. The van der Waals surface area contributed by atoms with Crippen LogP contribution in [0, 0.1) is 0 Å². The average molecular weight is 306 g/mol. The maximum Gasteiger partial charge on any atom is 0.307 e. The summed E-state index contributed by atoms with van der Waals surface area (Å²) in [5.74, 6) is -0.404. The molecule has 0 aromatic carbocycles. The van der Waals surface area contributed by atoms with Gasteiger partial charge in [-0.15, -0.1) is 0 Å². The molecule has 0 fully saturated rings. The molecule has 2 aromatic heterocycles. The molecule has 5 nitrogen and oxygen atoms in total. The summed E-state index contributed by atoms with van der Waals surface area (Å²) >= 11 is 1.61. The summed E-state index contributed by atoms with van der Waals surface area (Å²) < 4.78 is 6.55. The molecule has 0 saturated carbocycles. The predicted octanol–water partition coefficient (Wildman–Crippen LogP) is 2.21. The normalized spacial score (nSPS) is 11.9. The first-order valence-corrected chi connectivity index (χ1v) is 7.63. The van der Waals surface area contributed by atoms with Crippen LogP contribution in [0.2, 0.25) is 0 Å². The Morgan fingerprint density at radius 3 is 2.76 bits per heavy atom. The van der Waals surface area contributed by atoms with Crippen LogP contribution in [-0.2, 0) is 14.3 Å². The van der Waals surface area contributed by atoms with Gasteiger partial charge in [0.05, 0.1) is 26.0 Å². The molecule has 0 unspecified atom stereocenters. The predicted molar refractivity (Wildman–Crippen MR) is 81.1 cm³/mol. The van der Waals surface area contributed by atoms with Gasteiger partial charge >= 0.3 is 5.97 Å². The average Bonchev–Trinajstić information content (AvgIpc) is 3.17. The highest BCUT2D eigenvalue weighted by Gasteiger charge is 2.17. The van der Waals surface area contributed by atoms with Crippen LogP contribution >= 0.6 is 11.3 Å². The van der Waals surface area contributed by atoms with Crippen LogP contribution in [0.3, 0.4) is 0 Å². The lowest BCUT2D eigenvalue weighted by molar-refractivity contribution is -0.140. The van der Waals surface area contributed by atoms with E-state index in [9.17, 15) is 9.59 Å². The molecule has 0 spiro atoms. The Morgan fingerprint density at radius 1 is 1.38 bits per heavy atom. The van der Waals surface area contributed by atoms with Crippen molar-refractivity contribution in [2.24, 2.45) is 0 Å². The quantitative estimate of drug-likeness (QED) is 0.798. The molecule has 6 heteroatoms. The third-order valence-electron chi connectivity index (χ3n) is 3.17. The van der Waals surface area contributed by atoms with Crippen molar-refractivity contribution in [1.29, 1.82) is 0 Å². The molecule has 21 heavy (non-hydrogen) atoms. The summed E-state index contributed by atoms with van der Waals surface area (Å²) in [6.07, 6.45) is 4.43. The van der Waals surface area contributed by atoms with Crippen molar-refractivity contribution in [2.75, 3.05) is 13.7 Å². The third-order valence-corrected chi connectivity index (χ3v) is 3.87. The van der Waals surface area contributed by atoms with E-state index in [2.05, 4.69) is 10.1 Å². The van der Waals surface area contributed by atoms with Gasteiger partial charge in [-0.25, -0.2) is 0 Å². The lowest BCUT2D eigenvalue weighted by atomic mass is 10.1. The van der Waals surface area contributed by atoms with Crippen molar-refractivity contribution in [3.8, 4) is 0 Å². The van der Waals surface area contributed by atoms with Crippen LogP contribution < -0.4 is 5.32 Å². The smallest absolute Gasteiger partial charge is 0.307 e. The van der Waals surface area contributed by atoms with Crippen LogP contribution in [0.5, 0.6) is 0 Å². The number of nitrogens with one attached hydrogen (secondary N) is 1. The van der Waals surface area contributed by atoms with E-state index in [4.69, 9.17) is 0 Å². The molecule has 2 aromatic rings. The van der Waals surface area contributed by atoms with E-state index < -0.39 is 0 Å². The Hall–Kier alpha value is -2.08. The minimum Gasteiger partial charge on any atom is -0.469 e. The molecular formula is C15H18N2O3S. The fraction of sp³-hybridized carbons (Fsp3) is 0.333. The number of methoxy groups -OCH3 is 1. The number of thiophene rings is 1. The number of carbonyl (C=O) groups is 2. The zero-order valence-corrected chi connectivity index (χ0v) is 12.6. The van der Waals surface area contributed by atoms with Gasteiger partial charge in [-0.3, -0.25) is 9.59 Å². The molecule has 0 aliphatic carbocycles. The summed E-state index contributed by atoms with van der Waals surface area (Å²) in [7, 11) is 1.34. The molecule has 112 valence electrons. The highest BCUT2D eigenvalue weighted by molar-refractivity contribution is 7.07. The molecule has 2 heterocycles. The minimum absolute atomic E-state index is 0.0237. The first kappa shape index (κ1) is 15.3. The third kappa shape index (κ3) is 4.46. The number of nitrogens with zero attached hydrogens (tertiary/aromatic N) is 1. The van der Waals surface area contributed by atoms with Gasteiger partial charge in [-0.2, -0.15) is 11.3 Å². The fourth-order valence-corrected chi connectivity index (χ4v) is 2.78. The van der Waals surface area contributed by atoms with Crippen LogP contribution in [0.4, 0.5) is 0 Å². The summed E-state index contributed by atoms with van der Waals surface area (Å²) in [6, 6.07) is 5.88. The zero-order valence-electron chi connectivity index (χ0n) is 11.8. The van der Waals surface area contributed by atoms with Crippen molar-refractivity contribution in [1.82, 2.24) is 9.88 Å². The fourth-order valence-electron chi connectivity index (χ4n) is 2.07. The van der Waals surface area contributed by atoms with Crippen molar-refractivity contribution < 1.29 is 14.3 Å². The van der Waals surface area contributed by atoms with Gasteiger partial charge in [0.15, 0.2) is 0 Å². The number of ether oxygens (including phenoxy) is 1. The number of hydrogen-bond donors (Lipinski definition) is 1. The number of hydrogen-bond acceptors (Lipinski definition) is 4. The zero-order chi connectivity index (χ0) is 15.1. The second kappa shape index (κ2) is 7.64. The number of carbonyl (C=O) groups excluding carboxylic acids is 2. The van der Waals surface area contributed by atoms with E-state index in [0.29, 0.717) is 13.0 Å². The van der Waals surface area contributed by atoms with Gasteiger partial charge < -0.3 is 14.6 Å². The first-order chi connectivity index (χ1) is 10.2. The van der Waals surface area contributed by atoms with Gasteiger partial charge in [-0.05, 0) is 34.5 Å². The summed E-state index contributed by atoms with van der Waals surface area (Å²) in [6.45, 7) is 0.299. The largest absolute Gasteiger partial charge is 0.469 e. The van der Waals surface area contributed by atoms with Crippen LogP contribution in [0.15, 0.2) is 41.4 Å². The molecule has 0 aliphatic heterocycles. The maximum absolute atomic E-state index is 12.0. The molecular weight excluding hydrogens is 288 g/mol. The molecule has 2 rings (SSSR count). The SMILES string of the molecule is COC(=O)CCNC(=O)C[C@@H](c1ccsc1)n1cccc1. The maximum atomic E-state index is 12.0. The Kier molecular flexibility index (Phi) is 5.57. The van der Waals surface area contributed by atoms with E-state index in [-0.39, 0.29) is 24.3 Å². The van der Waals surface area contributed by atoms with E-state index in [1.165, 1.54) is 7.11 Å². The monoisotopic (exact) mass is 306 g/mol. The first-order valence-electron chi connectivity index (χ1n) is 6.68. The van der Waals surface area contributed by atoms with Crippen LogP contribution in [-0.4, -0.2) is 30.1 Å². The topological polar surface area (TPSA) is 60.3 Å². The molecule has 0 bridgehead atoms. The Balaban J connectivity index is 1.93. The van der Waals surface area contributed by atoms with E-state index in [0.717, 1.165) is 5.56 Å². The van der Waals surface area contributed by atoms with Gasteiger partial charge in [-0.1, -0.05) is 0 Å². The lowest BCUT2D eigenvalue weighted by Crippen LogP contribution is -2.28. The number of rotatable bonds is 7. The van der Waals surface area contributed by atoms with Gasteiger partial charge in [0.2, 0.25) is 5.91 Å².